The Morgan fingerprint density at radius 1 is 1.18 bits per heavy atom. The van der Waals surface area contributed by atoms with Crippen molar-refractivity contribution in [1.82, 2.24) is 9.88 Å². The molecule has 28 heavy (non-hydrogen) atoms. The van der Waals surface area contributed by atoms with Crippen LogP contribution in [0.2, 0.25) is 0 Å². The Bertz CT molecular complexity index is 1160. The van der Waals surface area contributed by atoms with Crippen LogP contribution in [0.5, 0.6) is 0 Å². The van der Waals surface area contributed by atoms with Crippen molar-refractivity contribution in [1.29, 1.82) is 0 Å². The third-order valence-corrected chi connectivity index (χ3v) is 9.16. The second kappa shape index (κ2) is 6.71. The smallest absolute Gasteiger partial charge is 0.293 e. The van der Waals surface area contributed by atoms with Crippen LogP contribution in [0.3, 0.4) is 0 Å². The summed E-state index contributed by atoms with van der Waals surface area (Å²) in [6.45, 7) is 2.11. The second-order valence-electron chi connectivity index (χ2n) is 7.40. The number of carbonyl (C=O) groups is 1. The van der Waals surface area contributed by atoms with Crippen molar-refractivity contribution in [3.8, 4) is 0 Å². The van der Waals surface area contributed by atoms with Gasteiger partial charge in [-0.25, -0.2) is 4.39 Å². The van der Waals surface area contributed by atoms with Crippen LogP contribution in [0, 0.1) is 12.7 Å². The van der Waals surface area contributed by atoms with Crippen LogP contribution in [0.25, 0.3) is 10.9 Å². The van der Waals surface area contributed by atoms with E-state index in [0.29, 0.717) is 17.7 Å². The Morgan fingerprint density at radius 2 is 2.00 bits per heavy atom. The lowest BCUT2D eigenvalue weighted by Crippen LogP contribution is -2.49. The number of hydrogen-bond acceptors (Lipinski definition) is 2. The summed E-state index contributed by atoms with van der Waals surface area (Å²) in [5.74, 6) is 0.0724. The van der Waals surface area contributed by atoms with Crippen LogP contribution < -0.4 is 5.32 Å². The van der Waals surface area contributed by atoms with Gasteiger partial charge in [0, 0.05) is 32.6 Å². The second-order valence-corrected chi connectivity index (χ2v) is 11.4. The summed E-state index contributed by atoms with van der Waals surface area (Å²) in [6.07, 6.45) is 2.44. The van der Waals surface area contributed by atoms with Gasteiger partial charge in [-0.15, -0.1) is 0 Å². The molecule has 3 aromatic rings. The monoisotopic (exact) mass is 398 g/mol. The molecule has 0 radical (unpaired) electrons. The minimum Gasteiger partial charge on any atom is -0.342 e. The zero-order chi connectivity index (χ0) is 19.8. The Morgan fingerprint density at radius 3 is 2.75 bits per heavy atom. The normalized spacial score (nSPS) is 18.6. The highest BCUT2D eigenvalue weighted by Gasteiger charge is 2.45. The molecule has 0 fully saturated rings. The molecule has 0 unspecified atom stereocenters. The first-order chi connectivity index (χ1) is 13.4. The average molecular weight is 399 g/mol. The first-order valence-corrected chi connectivity index (χ1v) is 11.6. The Labute approximate surface area is 163 Å². The summed E-state index contributed by atoms with van der Waals surface area (Å²) < 4.78 is 29.6. The number of para-hydroxylation sites is 1. The van der Waals surface area contributed by atoms with Crippen molar-refractivity contribution in [3.63, 3.8) is 0 Å². The predicted molar refractivity (Wildman–Crippen MR) is 112 cm³/mol. The summed E-state index contributed by atoms with van der Waals surface area (Å²) in [7, 11) is -3.76. The van der Waals surface area contributed by atoms with Crippen molar-refractivity contribution < 1.29 is 13.4 Å². The van der Waals surface area contributed by atoms with E-state index in [1.54, 1.807) is 17.5 Å². The lowest BCUT2D eigenvalue weighted by Gasteiger charge is -2.35. The summed E-state index contributed by atoms with van der Waals surface area (Å²) in [6, 6.07) is 16.0. The number of benzene rings is 2. The number of carbonyl (C=O) groups excluding carboxylic acids is 1. The fourth-order valence-electron chi connectivity index (χ4n) is 3.80. The van der Waals surface area contributed by atoms with E-state index in [2.05, 4.69) is 5.32 Å². The molecule has 146 valence electrons. The molecule has 0 saturated heterocycles. The summed E-state index contributed by atoms with van der Waals surface area (Å²) in [4.78, 5) is 13.2. The van der Waals surface area contributed by atoms with Gasteiger partial charge in [0.05, 0.1) is 5.88 Å². The van der Waals surface area contributed by atoms with Gasteiger partial charge in [0.15, 0.2) is 0 Å². The van der Waals surface area contributed by atoms with E-state index in [-0.39, 0.29) is 18.2 Å². The number of hydrogen-bond donors (Lipinski definition) is 1. The first kappa shape index (κ1) is 18.6. The molecule has 0 saturated carbocycles. The molecular weight excluding hydrogens is 375 g/mol. The fourth-order valence-corrected chi connectivity index (χ4v) is 7.14. The van der Waals surface area contributed by atoms with Crippen molar-refractivity contribution in [3.05, 3.63) is 83.2 Å². The van der Waals surface area contributed by atoms with Gasteiger partial charge >= 0.3 is 0 Å². The topological polar surface area (TPSA) is 51.1 Å². The van der Waals surface area contributed by atoms with Crippen LogP contribution in [-0.2, 0) is 21.5 Å². The molecule has 6 heteroatoms. The van der Waals surface area contributed by atoms with E-state index in [1.807, 2.05) is 47.9 Å². The largest absolute Gasteiger partial charge is 0.342 e. The minimum atomic E-state index is -3.76. The molecule has 0 spiro atoms. The maximum atomic E-state index is 14.2. The summed E-state index contributed by atoms with van der Waals surface area (Å²) >= 11 is 0. The third-order valence-electron chi connectivity index (χ3n) is 5.35. The SMILES string of the molecule is Cc1cc2ccccc2n1CS1(=O)(C(=O)NCc2cccc(F)c2)C=CCC1. The average Bonchev–Trinajstić information content (AvgIpc) is 3.22. The molecule has 1 N–H and O–H groups in total. The maximum absolute atomic E-state index is 14.2. The van der Waals surface area contributed by atoms with Crippen molar-refractivity contribution in [2.75, 3.05) is 5.75 Å². The number of nitrogens with one attached hydrogen (secondary N) is 1. The number of fused-ring (bicyclic) bond motifs is 1. The molecule has 1 aliphatic rings. The van der Waals surface area contributed by atoms with Gasteiger partial charge in [-0.3, -0.25) is 9.00 Å². The van der Waals surface area contributed by atoms with Gasteiger partial charge < -0.3 is 9.88 Å². The van der Waals surface area contributed by atoms with Crippen molar-refractivity contribution in [2.45, 2.75) is 25.8 Å². The molecule has 4 nitrogen and oxygen atoms in total. The van der Waals surface area contributed by atoms with E-state index in [1.165, 1.54) is 12.1 Å². The molecule has 1 amide bonds. The van der Waals surface area contributed by atoms with Crippen LogP contribution in [-0.4, -0.2) is 19.8 Å². The Hall–Kier alpha value is -2.73. The van der Waals surface area contributed by atoms with Crippen LogP contribution >= 0.6 is 0 Å². The number of halogens is 1. The van der Waals surface area contributed by atoms with Crippen LogP contribution in [0.4, 0.5) is 9.18 Å². The zero-order valence-electron chi connectivity index (χ0n) is 15.7. The third kappa shape index (κ3) is 3.18. The molecule has 0 aliphatic carbocycles. The number of allylic oxidation sites excluding steroid dienone is 1. The van der Waals surface area contributed by atoms with E-state index >= 15 is 0 Å². The number of aromatic nitrogens is 1. The van der Waals surface area contributed by atoms with E-state index in [9.17, 15) is 13.4 Å². The Balaban J connectivity index is 1.66. The minimum absolute atomic E-state index is 0.127. The molecular formula is C22H23FN2O2S. The van der Waals surface area contributed by atoms with E-state index in [0.717, 1.165) is 16.6 Å². The highest BCUT2D eigenvalue weighted by Crippen LogP contribution is 2.38. The molecule has 2 aromatic carbocycles. The highest BCUT2D eigenvalue weighted by atomic mass is 32.3. The molecule has 2 heterocycles. The summed E-state index contributed by atoms with van der Waals surface area (Å²) in [5.41, 5.74) is 2.57. The molecule has 0 bridgehead atoms. The van der Waals surface area contributed by atoms with Gasteiger partial charge in [0.1, 0.15) is 5.82 Å². The lowest BCUT2D eigenvalue weighted by atomic mass is 10.2. The van der Waals surface area contributed by atoms with Gasteiger partial charge in [0.25, 0.3) is 5.24 Å². The van der Waals surface area contributed by atoms with Crippen LogP contribution in [0.1, 0.15) is 17.7 Å². The number of rotatable bonds is 4. The quantitative estimate of drug-likeness (QED) is 0.693. The molecule has 0 atom stereocenters. The molecule has 1 aromatic heterocycles. The highest BCUT2D eigenvalue weighted by molar-refractivity contribution is 8.33. The van der Waals surface area contributed by atoms with Gasteiger partial charge in [-0.05, 0) is 54.0 Å². The Kier molecular flexibility index (Phi) is 4.46. The molecule has 4 rings (SSSR count). The standard InChI is InChI=1S/C22H23FN2O2S/c1-17-13-19-8-2-3-10-21(19)25(17)16-28(27,11-4-5-12-28)22(26)24-15-18-7-6-9-20(23)14-18/h2-4,6-11,13-14H,5,12,15-16H2,1H3,(H,24,26). The van der Waals surface area contributed by atoms with E-state index < -0.39 is 14.3 Å². The molecule has 1 aliphatic heterocycles. The summed E-state index contributed by atoms with van der Waals surface area (Å²) in [5, 5.41) is 5.01. The number of aryl methyl sites for hydroxylation is 1. The van der Waals surface area contributed by atoms with E-state index in [4.69, 9.17) is 0 Å². The fraction of sp³-hybridized carbons (Fsp3) is 0.227. The van der Waals surface area contributed by atoms with Crippen LogP contribution in [0.15, 0.2) is 66.1 Å². The predicted octanol–water partition coefficient (Wildman–Crippen LogP) is 4.69. The van der Waals surface area contributed by atoms with Crippen molar-refractivity contribution >= 4 is 25.2 Å². The number of amides is 1. The first-order valence-electron chi connectivity index (χ1n) is 9.27. The number of nitrogens with zero attached hydrogens (tertiary/aromatic N) is 1. The van der Waals surface area contributed by atoms with Gasteiger partial charge in [-0.2, -0.15) is 0 Å². The van der Waals surface area contributed by atoms with Crippen molar-refractivity contribution in [2.24, 2.45) is 0 Å². The lowest BCUT2D eigenvalue weighted by molar-refractivity contribution is 0.258. The maximum Gasteiger partial charge on any atom is 0.293 e. The van der Waals surface area contributed by atoms with Gasteiger partial charge in [-0.1, -0.05) is 36.4 Å². The van der Waals surface area contributed by atoms with Gasteiger partial charge in [0.2, 0.25) is 0 Å². The zero-order valence-corrected chi connectivity index (χ0v) is 16.5.